The van der Waals surface area contributed by atoms with Crippen LogP contribution in [0.1, 0.15) is 23.3 Å². The van der Waals surface area contributed by atoms with E-state index in [1.165, 1.54) is 16.8 Å². The van der Waals surface area contributed by atoms with Crippen molar-refractivity contribution in [3.8, 4) is 0 Å². The minimum Gasteiger partial charge on any atom is -0.337 e. The zero-order valence-corrected chi connectivity index (χ0v) is 14.7. The number of aromatic nitrogens is 4. The molecule has 0 saturated carbocycles. The second-order valence-electron chi connectivity index (χ2n) is 6.80. The standard InChI is InChI=1S/C19H21N5O2/c1-22-18(25)7-6-16(21-22)19(26)23-10-8-14(9-11-23)12-24-13-20-15-4-2-3-5-17(15)24/h2-7,13-14H,8-12H2,1H3. The van der Waals surface area contributed by atoms with Crippen LogP contribution in [0.15, 0.2) is 47.5 Å². The molecule has 4 rings (SSSR count). The fourth-order valence-corrected chi connectivity index (χ4v) is 3.53. The van der Waals surface area contributed by atoms with Crippen molar-refractivity contribution in [2.45, 2.75) is 19.4 Å². The Bertz CT molecular complexity index is 998. The van der Waals surface area contributed by atoms with Crippen LogP contribution in [0.25, 0.3) is 11.0 Å². The molecule has 1 amide bonds. The number of benzene rings is 1. The number of likely N-dealkylation sites (tertiary alicyclic amines) is 1. The highest BCUT2D eigenvalue weighted by atomic mass is 16.2. The van der Waals surface area contributed by atoms with Crippen molar-refractivity contribution in [1.82, 2.24) is 24.2 Å². The summed E-state index contributed by atoms with van der Waals surface area (Å²) in [7, 11) is 1.56. The maximum atomic E-state index is 12.6. The molecular weight excluding hydrogens is 330 g/mol. The van der Waals surface area contributed by atoms with E-state index in [4.69, 9.17) is 0 Å². The number of para-hydroxylation sites is 2. The molecule has 1 saturated heterocycles. The predicted molar refractivity (Wildman–Crippen MR) is 97.8 cm³/mol. The molecule has 0 N–H and O–H groups in total. The molecule has 0 radical (unpaired) electrons. The van der Waals surface area contributed by atoms with E-state index in [1.807, 2.05) is 29.4 Å². The lowest BCUT2D eigenvalue weighted by Crippen LogP contribution is -2.40. The number of piperidine rings is 1. The molecule has 1 aromatic carbocycles. The Labute approximate surface area is 150 Å². The van der Waals surface area contributed by atoms with Gasteiger partial charge in [-0.3, -0.25) is 9.59 Å². The van der Waals surface area contributed by atoms with Crippen LogP contribution in [0.4, 0.5) is 0 Å². The lowest BCUT2D eigenvalue weighted by Gasteiger charge is -2.32. The monoisotopic (exact) mass is 351 g/mol. The highest BCUT2D eigenvalue weighted by molar-refractivity contribution is 5.92. The molecule has 0 aliphatic carbocycles. The molecular formula is C19H21N5O2. The number of carbonyl (C=O) groups excluding carboxylic acids is 1. The number of aryl methyl sites for hydroxylation is 1. The molecule has 1 aliphatic rings. The van der Waals surface area contributed by atoms with Crippen LogP contribution in [-0.4, -0.2) is 43.2 Å². The molecule has 1 aliphatic heterocycles. The van der Waals surface area contributed by atoms with E-state index in [9.17, 15) is 9.59 Å². The van der Waals surface area contributed by atoms with Crippen LogP contribution in [0.2, 0.25) is 0 Å². The van der Waals surface area contributed by atoms with E-state index >= 15 is 0 Å². The molecule has 3 heterocycles. The quantitative estimate of drug-likeness (QED) is 0.720. The average molecular weight is 351 g/mol. The minimum atomic E-state index is -0.215. The van der Waals surface area contributed by atoms with Crippen molar-refractivity contribution in [3.05, 3.63) is 58.8 Å². The van der Waals surface area contributed by atoms with Gasteiger partial charge in [0.1, 0.15) is 5.69 Å². The van der Waals surface area contributed by atoms with Gasteiger partial charge in [-0.15, -0.1) is 0 Å². The summed E-state index contributed by atoms with van der Waals surface area (Å²) in [5, 5.41) is 4.06. The maximum Gasteiger partial charge on any atom is 0.274 e. The number of hydrogen-bond donors (Lipinski definition) is 0. The first-order chi connectivity index (χ1) is 12.6. The number of amides is 1. The summed E-state index contributed by atoms with van der Waals surface area (Å²) >= 11 is 0. The van der Waals surface area contributed by atoms with E-state index < -0.39 is 0 Å². The number of carbonyl (C=O) groups is 1. The molecule has 0 spiro atoms. The number of nitrogens with zero attached hydrogens (tertiary/aromatic N) is 5. The Hall–Kier alpha value is -2.96. The van der Waals surface area contributed by atoms with Gasteiger partial charge in [0.2, 0.25) is 0 Å². The van der Waals surface area contributed by atoms with Crippen molar-refractivity contribution >= 4 is 16.9 Å². The topological polar surface area (TPSA) is 73.0 Å². The third kappa shape index (κ3) is 3.12. The summed E-state index contributed by atoms with van der Waals surface area (Å²) in [6, 6.07) is 11.0. The van der Waals surface area contributed by atoms with Crippen molar-refractivity contribution < 1.29 is 4.79 Å². The molecule has 0 atom stereocenters. The van der Waals surface area contributed by atoms with Gasteiger partial charge in [-0.25, -0.2) is 9.67 Å². The Balaban J connectivity index is 1.40. The highest BCUT2D eigenvalue weighted by Crippen LogP contribution is 2.22. The van der Waals surface area contributed by atoms with E-state index in [0.717, 1.165) is 30.4 Å². The summed E-state index contributed by atoms with van der Waals surface area (Å²) in [5.74, 6) is 0.414. The minimum absolute atomic E-state index is 0.105. The molecule has 7 heteroatoms. The van der Waals surface area contributed by atoms with Gasteiger partial charge in [0.25, 0.3) is 11.5 Å². The largest absolute Gasteiger partial charge is 0.337 e. The van der Waals surface area contributed by atoms with Gasteiger partial charge in [-0.05, 0) is 37.0 Å². The smallest absolute Gasteiger partial charge is 0.274 e. The summed E-state index contributed by atoms with van der Waals surface area (Å²) in [5.41, 5.74) is 2.28. The molecule has 0 bridgehead atoms. The van der Waals surface area contributed by atoms with Crippen LogP contribution in [-0.2, 0) is 13.6 Å². The number of rotatable bonds is 3. The lowest BCUT2D eigenvalue weighted by atomic mass is 9.96. The fourth-order valence-electron chi connectivity index (χ4n) is 3.53. The van der Waals surface area contributed by atoms with Gasteiger partial charge in [0.05, 0.1) is 17.4 Å². The molecule has 0 unspecified atom stereocenters. The van der Waals surface area contributed by atoms with Crippen molar-refractivity contribution in [2.24, 2.45) is 13.0 Å². The molecule has 7 nitrogen and oxygen atoms in total. The third-order valence-electron chi connectivity index (χ3n) is 5.06. The Morgan fingerprint density at radius 2 is 1.92 bits per heavy atom. The normalized spacial score (nSPS) is 15.5. The summed E-state index contributed by atoms with van der Waals surface area (Å²) in [4.78, 5) is 30.3. The molecule has 134 valence electrons. The van der Waals surface area contributed by atoms with Crippen LogP contribution >= 0.6 is 0 Å². The van der Waals surface area contributed by atoms with Gasteiger partial charge in [0, 0.05) is 32.7 Å². The fraction of sp³-hybridized carbons (Fsp3) is 0.368. The number of imidazole rings is 1. The SMILES string of the molecule is Cn1nc(C(=O)N2CCC(Cn3cnc4ccccc43)CC2)ccc1=O. The van der Waals surface area contributed by atoms with Crippen molar-refractivity contribution in [3.63, 3.8) is 0 Å². The second-order valence-corrected chi connectivity index (χ2v) is 6.80. The lowest BCUT2D eigenvalue weighted by molar-refractivity contribution is 0.0675. The van der Waals surface area contributed by atoms with Crippen molar-refractivity contribution in [2.75, 3.05) is 13.1 Å². The van der Waals surface area contributed by atoms with Gasteiger partial charge in [0.15, 0.2) is 0 Å². The second kappa shape index (κ2) is 6.74. The first kappa shape index (κ1) is 16.5. The van der Waals surface area contributed by atoms with Gasteiger partial charge >= 0.3 is 0 Å². The molecule has 2 aromatic heterocycles. The molecule has 26 heavy (non-hydrogen) atoms. The van der Waals surface area contributed by atoms with E-state index in [-0.39, 0.29) is 11.5 Å². The summed E-state index contributed by atoms with van der Waals surface area (Å²) in [6.45, 7) is 2.34. The van der Waals surface area contributed by atoms with E-state index in [1.54, 1.807) is 7.05 Å². The first-order valence-corrected chi connectivity index (χ1v) is 8.85. The molecule has 3 aromatic rings. The Morgan fingerprint density at radius 1 is 1.15 bits per heavy atom. The zero-order chi connectivity index (χ0) is 18.1. The predicted octanol–water partition coefficient (Wildman–Crippen LogP) is 1.68. The van der Waals surface area contributed by atoms with Gasteiger partial charge in [-0.2, -0.15) is 5.10 Å². The van der Waals surface area contributed by atoms with Crippen molar-refractivity contribution in [1.29, 1.82) is 0 Å². The van der Waals surface area contributed by atoms with Crippen LogP contribution in [0.5, 0.6) is 0 Å². The van der Waals surface area contributed by atoms with Crippen LogP contribution in [0.3, 0.4) is 0 Å². The Morgan fingerprint density at radius 3 is 2.69 bits per heavy atom. The van der Waals surface area contributed by atoms with E-state index in [0.29, 0.717) is 24.7 Å². The Kier molecular flexibility index (Phi) is 4.28. The number of hydrogen-bond acceptors (Lipinski definition) is 4. The third-order valence-corrected chi connectivity index (χ3v) is 5.06. The number of fused-ring (bicyclic) bond motifs is 1. The first-order valence-electron chi connectivity index (χ1n) is 8.85. The van der Waals surface area contributed by atoms with Gasteiger partial charge < -0.3 is 9.47 Å². The summed E-state index contributed by atoms with van der Waals surface area (Å²) in [6.07, 6.45) is 3.80. The zero-order valence-electron chi connectivity index (χ0n) is 14.7. The summed E-state index contributed by atoms with van der Waals surface area (Å²) < 4.78 is 3.40. The van der Waals surface area contributed by atoms with Crippen LogP contribution in [0, 0.1) is 5.92 Å². The molecule has 1 fully saturated rings. The average Bonchev–Trinajstić information content (AvgIpc) is 3.07. The highest BCUT2D eigenvalue weighted by Gasteiger charge is 2.25. The van der Waals surface area contributed by atoms with E-state index in [2.05, 4.69) is 20.7 Å². The van der Waals surface area contributed by atoms with Crippen LogP contribution < -0.4 is 5.56 Å². The maximum absolute atomic E-state index is 12.6. The van der Waals surface area contributed by atoms with Gasteiger partial charge in [-0.1, -0.05) is 12.1 Å².